The first kappa shape index (κ1) is 26.2. The summed E-state index contributed by atoms with van der Waals surface area (Å²) in [6.45, 7) is 2.37. The van der Waals surface area contributed by atoms with Crippen LogP contribution in [0.15, 0.2) is 48.1 Å². The molecule has 0 radical (unpaired) electrons. The van der Waals surface area contributed by atoms with Gasteiger partial charge in [0.25, 0.3) is 0 Å². The number of methoxy groups -OCH3 is 1. The van der Waals surface area contributed by atoms with Crippen molar-refractivity contribution in [2.24, 2.45) is 17.8 Å². The Morgan fingerprint density at radius 2 is 2.09 bits per heavy atom. The van der Waals surface area contributed by atoms with E-state index in [0.29, 0.717) is 31.2 Å². The van der Waals surface area contributed by atoms with E-state index in [1.54, 1.807) is 0 Å². The quantitative estimate of drug-likeness (QED) is 0.247. The summed E-state index contributed by atoms with van der Waals surface area (Å²) < 4.78 is 4.56. The summed E-state index contributed by atoms with van der Waals surface area (Å²) in [6.07, 6.45) is 11.1. The van der Waals surface area contributed by atoms with E-state index in [4.69, 9.17) is 0 Å². The number of aliphatic hydroxyl groups is 2. The number of ether oxygens (including phenoxy) is 1. The molecule has 1 fully saturated rings. The molecule has 1 aromatic rings. The molecule has 3 rings (SSSR count). The van der Waals surface area contributed by atoms with Gasteiger partial charge in [0, 0.05) is 25.3 Å². The minimum atomic E-state index is -0.555. The van der Waals surface area contributed by atoms with Gasteiger partial charge in [0.1, 0.15) is 0 Å². The Morgan fingerprint density at radius 1 is 1.26 bits per heavy atom. The van der Waals surface area contributed by atoms with Crippen LogP contribution in [0.3, 0.4) is 0 Å². The maximum absolute atomic E-state index is 11.9. The van der Waals surface area contributed by atoms with Crippen molar-refractivity contribution in [2.75, 3.05) is 13.7 Å². The second-order valence-corrected chi connectivity index (χ2v) is 9.77. The van der Waals surface area contributed by atoms with Gasteiger partial charge in [-0.05, 0) is 56.4 Å². The largest absolute Gasteiger partial charge is 0.469 e. The lowest BCUT2D eigenvalue weighted by molar-refractivity contribution is -0.140. The number of fused-ring (bicyclic) bond motifs is 1. The van der Waals surface area contributed by atoms with Crippen molar-refractivity contribution in [3.8, 4) is 0 Å². The van der Waals surface area contributed by atoms with E-state index >= 15 is 0 Å². The molecule has 0 saturated heterocycles. The van der Waals surface area contributed by atoms with Crippen LogP contribution in [0.5, 0.6) is 0 Å². The van der Waals surface area contributed by atoms with E-state index in [1.807, 2.05) is 37.3 Å². The van der Waals surface area contributed by atoms with Crippen molar-refractivity contribution in [1.82, 2.24) is 5.32 Å². The third-order valence-corrected chi connectivity index (χ3v) is 7.06. The highest BCUT2D eigenvalue weighted by Gasteiger charge is 2.43. The molecule has 5 atom stereocenters. The van der Waals surface area contributed by atoms with Crippen molar-refractivity contribution in [3.05, 3.63) is 59.2 Å². The summed E-state index contributed by atoms with van der Waals surface area (Å²) in [4.78, 5) is 22.9. The van der Waals surface area contributed by atoms with Crippen LogP contribution in [0.1, 0.15) is 56.1 Å². The minimum absolute atomic E-state index is 0.0290. The molecule has 0 aromatic heterocycles. The fourth-order valence-electron chi connectivity index (χ4n) is 5.33. The zero-order chi connectivity index (χ0) is 24.5. The van der Waals surface area contributed by atoms with Crippen LogP contribution in [0, 0.1) is 24.7 Å². The lowest BCUT2D eigenvalue weighted by atomic mass is 9.88. The average Bonchev–Trinajstić information content (AvgIpc) is 3.31. The van der Waals surface area contributed by atoms with Crippen molar-refractivity contribution >= 4 is 11.9 Å². The van der Waals surface area contributed by atoms with Gasteiger partial charge in [-0.25, -0.2) is 0 Å². The molecular formula is C28H39NO5. The number of carbonyl (C=O) groups is 2. The van der Waals surface area contributed by atoms with Crippen LogP contribution in [-0.4, -0.2) is 48.0 Å². The van der Waals surface area contributed by atoms with Crippen molar-refractivity contribution in [3.63, 3.8) is 0 Å². The van der Waals surface area contributed by atoms with E-state index in [2.05, 4.69) is 22.2 Å². The molecule has 6 heteroatoms. The Kier molecular flexibility index (Phi) is 9.90. The third kappa shape index (κ3) is 7.81. The van der Waals surface area contributed by atoms with Gasteiger partial charge >= 0.3 is 5.97 Å². The molecule has 3 N–H and O–H groups in total. The summed E-state index contributed by atoms with van der Waals surface area (Å²) in [6, 6.07) is 8.18. The predicted octanol–water partition coefficient (Wildman–Crippen LogP) is 3.64. The van der Waals surface area contributed by atoms with Crippen LogP contribution in [0.25, 0.3) is 0 Å². The fraction of sp³-hybridized carbons (Fsp3) is 0.571. The SMILES string of the molecule is COC(=O)CCNC(=O)CCCCC1=C[C@H]2C[C@@H](O)[C@H](C=C[C@H](O)Cc3cccc(C)c3)[C@H]2C1. The molecule has 0 unspecified atom stereocenters. The van der Waals surface area contributed by atoms with Crippen LogP contribution in [0.4, 0.5) is 0 Å². The minimum Gasteiger partial charge on any atom is -0.469 e. The first-order chi connectivity index (χ1) is 16.4. The molecule has 0 aliphatic heterocycles. The summed E-state index contributed by atoms with van der Waals surface area (Å²) in [5.74, 6) is 0.521. The first-order valence-corrected chi connectivity index (χ1v) is 12.5. The Morgan fingerprint density at radius 3 is 2.85 bits per heavy atom. The Balaban J connectivity index is 1.38. The summed E-state index contributed by atoms with van der Waals surface area (Å²) in [5.41, 5.74) is 3.72. The zero-order valence-corrected chi connectivity index (χ0v) is 20.4. The Hall–Kier alpha value is -2.44. The van der Waals surface area contributed by atoms with E-state index in [0.717, 1.165) is 37.7 Å². The number of nitrogens with one attached hydrogen (secondary N) is 1. The topological polar surface area (TPSA) is 95.9 Å². The number of rotatable bonds is 12. The highest BCUT2D eigenvalue weighted by Crippen LogP contribution is 2.48. The van der Waals surface area contributed by atoms with Gasteiger partial charge in [-0.3, -0.25) is 9.59 Å². The van der Waals surface area contributed by atoms with Gasteiger partial charge in [-0.15, -0.1) is 0 Å². The van der Waals surface area contributed by atoms with E-state index in [1.165, 1.54) is 18.2 Å². The molecule has 1 amide bonds. The molecule has 2 aliphatic rings. The van der Waals surface area contributed by atoms with Gasteiger partial charge in [0.15, 0.2) is 0 Å². The average molecular weight is 470 g/mol. The van der Waals surface area contributed by atoms with Crippen molar-refractivity contribution in [2.45, 2.75) is 70.5 Å². The lowest BCUT2D eigenvalue weighted by Gasteiger charge is -2.19. The van der Waals surface area contributed by atoms with Crippen LogP contribution >= 0.6 is 0 Å². The van der Waals surface area contributed by atoms with Gasteiger partial charge in [-0.2, -0.15) is 0 Å². The molecule has 2 aliphatic carbocycles. The smallest absolute Gasteiger partial charge is 0.307 e. The zero-order valence-electron chi connectivity index (χ0n) is 20.4. The lowest BCUT2D eigenvalue weighted by Crippen LogP contribution is -2.25. The molecule has 1 saturated carbocycles. The van der Waals surface area contributed by atoms with Gasteiger partial charge in [0.05, 0.1) is 25.7 Å². The van der Waals surface area contributed by atoms with Crippen molar-refractivity contribution in [1.29, 1.82) is 0 Å². The number of amides is 1. The monoisotopic (exact) mass is 469 g/mol. The molecule has 6 nitrogen and oxygen atoms in total. The Labute approximate surface area is 203 Å². The predicted molar refractivity (Wildman–Crippen MR) is 132 cm³/mol. The van der Waals surface area contributed by atoms with Crippen LogP contribution < -0.4 is 5.32 Å². The number of hydrogen-bond acceptors (Lipinski definition) is 5. The fourth-order valence-corrected chi connectivity index (χ4v) is 5.33. The number of allylic oxidation sites excluding steroid dienone is 2. The normalized spacial score (nSPS) is 24.6. The maximum Gasteiger partial charge on any atom is 0.307 e. The van der Waals surface area contributed by atoms with E-state index < -0.39 is 6.10 Å². The summed E-state index contributed by atoms with van der Waals surface area (Å²) >= 11 is 0. The number of hydrogen-bond donors (Lipinski definition) is 3. The summed E-state index contributed by atoms with van der Waals surface area (Å²) in [5, 5.41) is 23.8. The molecule has 186 valence electrons. The standard InChI is InChI=1S/C28H39NO5/c1-19-6-5-8-20(14-19)16-23(30)10-11-24-25-17-21(15-22(25)18-26(24)31)7-3-4-9-27(32)29-13-12-28(33)34-2/h5-6,8,10-11,14-15,22-26,30-31H,3-4,7,9,12-13,16-18H2,1-2H3,(H,29,32)/t22-,23-,24+,25-,26+/m0/s1. The number of aliphatic hydroxyl groups excluding tert-OH is 2. The number of benzene rings is 1. The third-order valence-electron chi connectivity index (χ3n) is 7.06. The molecule has 34 heavy (non-hydrogen) atoms. The Bertz CT molecular complexity index is 893. The van der Waals surface area contributed by atoms with Crippen LogP contribution in [-0.2, 0) is 20.7 Å². The summed E-state index contributed by atoms with van der Waals surface area (Å²) in [7, 11) is 1.34. The number of carbonyl (C=O) groups excluding carboxylic acids is 2. The van der Waals surface area contributed by atoms with Crippen LogP contribution in [0.2, 0.25) is 0 Å². The number of esters is 1. The van der Waals surface area contributed by atoms with E-state index in [-0.39, 0.29) is 30.3 Å². The molecular weight excluding hydrogens is 430 g/mol. The first-order valence-electron chi connectivity index (χ1n) is 12.5. The molecule has 0 heterocycles. The van der Waals surface area contributed by atoms with Gasteiger partial charge in [-0.1, -0.05) is 53.6 Å². The number of unbranched alkanes of at least 4 members (excludes halogenated alkanes) is 1. The highest BCUT2D eigenvalue weighted by molar-refractivity contribution is 5.76. The van der Waals surface area contributed by atoms with E-state index in [9.17, 15) is 19.8 Å². The highest BCUT2D eigenvalue weighted by atomic mass is 16.5. The van der Waals surface area contributed by atoms with Crippen molar-refractivity contribution < 1.29 is 24.5 Å². The van der Waals surface area contributed by atoms with Gasteiger partial charge < -0.3 is 20.3 Å². The maximum atomic E-state index is 11.9. The molecule has 0 spiro atoms. The second-order valence-electron chi connectivity index (χ2n) is 9.77. The molecule has 0 bridgehead atoms. The number of aryl methyl sites for hydroxylation is 1. The molecule has 1 aromatic carbocycles. The van der Waals surface area contributed by atoms with Gasteiger partial charge in [0.2, 0.25) is 5.91 Å². The second kappa shape index (κ2) is 12.9.